The summed E-state index contributed by atoms with van der Waals surface area (Å²) < 4.78 is 25.8. The van der Waals surface area contributed by atoms with Crippen molar-refractivity contribution in [1.29, 1.82) is 0 Å². The van der Waals surface area contributed by atoms with Crippen LogP contribution in [0.2, 0.25) is 5.02 Å². The van der Waals surface area contributed by atoms with E-state index in [9.17, 15) is 13.2 Å². The molecule has 1 rings (SSSR count). The molecule has 0 aliphatic heterocycles. The summed E-state index contributed by atoms with van der Waals surface area (Å²) >= 11 is 5.95. The molecular weight excluding hydrogens is 302 g/mol. The minimum Gasteiger partial charge on any atom is -0.398 e. The van der Waals surface area contributed by atoms with E-state index in [4.69, 9.17) is 17.3 Å². The van der Waals surface area contributed by atoms with Crippen LogP contribution in [-0.2, 0) is 14.8 Å². The van der Waals surface area contributed by atoms with Crippen LogP contribution in [0, 0.1) is 6.92 Å². The van der Waals surface area contributed by atoms with E-state index in [0.717, 1.165) is 4.31 Å². The van der Waals surface area contributed by atoms with Gasteiger partial charge in [-0.15, -0.1) is 0 Å². The summed E-state index contributed by atoms with van der Waals surface area (Å²) in [6.45, 7) is 1.79. The van der Waals surface area contributed by atoms with Crippen LogP contribution in [0.3, 0.4) is 0 Å². The van der Waals surface area contributed by atoms with Crippen molar-refractivity contribution in [3.05, 3.63) is 22.7 Å². The van der Waals surface area contributed by atoms with Gasteiger partial charge in [0, 0.05) is 37.8 Å². The van der Waals surface area contributed by atoms with Gasteiger partial charge in [-0.25, -0.2) is 12.7 Å². The molecule has 0 radical (unpaired) electrons. The molecule has 0 unspecified atom stereocenters. The number of benzene rings is 1. The second-order valence-corrected chi connectivity index (χ2v) is 6.82. The van der Waals surface area contributed by atoms with Gasteiger partial charge in [-0.05, 0) is 24.6 Å². The minimum absolute atomic E-state index is 0.0185. The van der Waals surface area contributed by atoms with E-state index in [2.05, 4.69) is 5.32 Å². The van der Waals surface area contributed by atoms with Crippen molar-refractivity contribution in [2.45, 2.75) is 18.2 Å². The van der Waals surface area contributed by atoms with Crippen LogP contribution in [0.4, 0.5) is 5.69 Å². The van der Waals surface area contributed by atoms with Crippen molar-refractivity contribution in [1.82, 2.24) is 9.62 Å². The van der Waals surface area contributed by atoms with E-state index in [0.29, 0.717) is 16.3 Å². The topological polar surface area (TPSA) is 92.5 Å². The molecule has 0 bridgehead atoms. The zero-order valence-corrected chi connectivity index (χ0v) is 13.2. The number of nitrogens with two attached hydrogens (primary N) is 1. The highest BCUT2D eigenvalue weighted by Crippen LogP contribution is 2.27. The van der Waals surface area contributed by atoms with Gasteiger partial charge in [0.05, 0.1) is 4.90 Å². The second kappa shape index (κ2) is 6.43. The number of rotatable bonds is 5. The molecule has 20 heavy (non-hydrogen) atoms. The molecule has 0 atom stereocenters. The third-order valence-corrected chi connectivity index (χ3v) is 5.23. The lowest BCUT2D eigenvalue weighted by Crippen LogP contribution is -2.31. The summed E-state index contributed by atoms with van der Waals surface area (Å²) in [4.78, 5) is 11.2. The number of anilines is 1. The second-order valence-electron chi connectivity index (χ2n) is 4.37. The molecule has 112 valence electrons. The van der Waals surface area contributed by atoms with Crippen LogP contribution in [-0.4, -0.2) is 39.3 Å². The van der Waals surface area contributed by atoms with E-state index in [1.54, 1.807) is 6.92 Å². The Morgan fingerprint density at radius 2 is 2.05 bits per heavy atom. The SMILES string of the molecule is CNC(=O)CCN(C)S(=O)(=O)c1cc(N)c(C)c(Cl)c1. The maximum absolute atomic E-state index is 12.3. The molecule has 0 aliphatic rings. The molecule has 0 fully saturated rings. The van der Waals surface area contributed by atoms with Crippen LogP contribution in [0.5, 0.6) is 0 Å². The fraction of sp³-hybridized carbons (Fsp3) is 0.417. The molecule has 1 amide bonds. The number of hydrogen-bond donors (Lipinski definition) is 2. The summed E-state index contributed by atoms with van der Waals surface area (Å²) in [5.41, 5.74) is 6.68. The Balaban J connectivity index is 3.01. The van der Waals surface area contributed by atoms with Crippen molar-refractivity contribution in [2.75, 3.05) is 26.4 Å². The first kappa shape index (κ1) is 16.7. The standard InChI is InChI=1S/C12H18ClN3O3S/c1-8-10(13)6-9(7-11(8)14)20(18,19)16(3)5-4-12(17)15-2/h6-7H,4-5,14H2,1-3H3,(H,15,17). The quantitative estimate of drug-likeness (QED) is 0.791. The fourth-order valence-electron chi connectivity index (χ4n) is 1.51. The van der Waals surface area contributed by atoms with Gasteiger partial charge in [0.15, 0.2) is 0 Å². The van der Waals surface area contributed by atoms with Gasteiger partial charge < -0.3 is 11.1 Å². The zero-order chi connectivity index (χ0) is 15.5. The van der Waals surface area contributed by atoms with E-state index in [1.165, 1.54) is 26.2 Å². The lowest BCUT2D eigenvalue weighted by Gasteiger charge is -2.17. The van der Waals surface area contributed by atoms with Crippen molar-refractivity contribution in [2.24, 2.45) is 0 Å². The van der Waals surface area contributed by atoms with Crippen LogP contribution in [0.25, 0.3) is 0 Å². The highest BCUT2D eigenvalue weighted by molar-refractivity contribution is 7.89. The zero-order valence-electron chi connectivity index (χ0n) is 11.6. The molecule has 0 spiro atoms. The smallest absolute Gasteiger partial charge is 0.242 e. The number of nitrogen functional groups attached to an aromatic ring is 1. The first-order valence-corrected chi connectivity index (χ1v) is 7.74. The first-order valence-electron chi connectivity index (χ1n) is 5.92. The molecule has 0 saturated heterocycles. The third kappa shape index (κ3) is 3.62. The molecule has 1 aromatic carbocycles. The van der Waals surface area contributed by atoms with E-state index < -0.39 is 10.0 Å². The van der Waals surface area contributed by atoms with Crippen LogP contribution in [0.1, 0.15) is 12.0 Å². The minimum atomic E-state index is -3.72. The Morgan fingerprint density at radius 3 is 2.55 bits per heavy atom. The molecule has 0 saturated carbocycles. The number of carbonyl (C=O) groups excluding carboxylic acids is 1. The van der Waals surface area contributed by atoms with Crippen LogP contribution in [0.15, 0.2) is 17.0 Å². The van der Waals surface area contributed by atoms with E-state index >= 15 is 0 Å². The van der Waals surface area contributed by atoms with Gasteiger partial charge in [0.1, 0.15) is 0 Å². The van der Waals surface area contributed by atoms with Gasteiger partial charge in [0.2, 0.25) is 15.9 Å². The van der Waals surface area contributed by atoms with Crippen molar-refractivity contribution >= 4 is 33.2 Å². The summed E-state index contributed by atoms with van der Waals surface area (Å²) in [5.74, 6) is -0.228. The molecular formula is C12H18ClN3O3S. The third-order valence-electron chi connectivity index (χ3n) is 3.00. The number of amides is 1. The van der Waals surface area contributed by atoms with Gasteiger partial charge in [0.25, 0.3) is 0 Å². The van der Waals surface area contributed by atoms with Gasteiger partial charge in [-0.2, -0.15) is 0 Å². The number of nitrogens with one attached hydrogen (secondary N) is 1. The average Bonchev–Trinajstić information content (AvgIpc) is 2.40. The van der Waals surface area contributed by atoms with Crippen molar-refractivity contribution in [3.63, 3.8) is 0 Å². The van der Waals surface area contributed by atoms with Gasteiger partial charge >= 0.3 is 0 Å². The fourth-order valence-corrected chi connectivity index (χ4v) is 3.03. The molecule has 8 heteroatoms. The van der Waals surface area contributed by atoms with Gasteiger partial charge in [-0.3, -0.25) is 4.79 Å². The Kier molecular flexibility index (Phi) is 5.38. The highest BCUT2D eigenvalue weighted by Gasteiger charge is 2.22. The molecule has 0 aromatic heterocycles. The molecule has 0 heterocycles. The highest BCUT2D eigenvalue weighted by atomic mass is 35.5. The Morgan fingerprint density at radius 1 is 1.45 bits per heavy atom. The summed E-state index contributed by atoms with van der Waals surface area (Å²) in [5, 5.41) is 2.73. The molecule has 6 nitrogen and oxygen atoms in total. The molecule has 1 aromatic rings. The average molecular weight is 320 g/mol. The number of nitrogens with zero attached hydrogens (tertiary/aromatic N) is 1. The number of halogens is 1. The van der Waals surface area contributed by atoms with Crippen molar-refractivity contribution < 1.29 is 13.2 Å². The number of hydrogen-bond acceptors (Lipinski definition) is 4. The maximum Gasteiger partial charge on any atom is 0.242 e. The molecule has 0 aliphatic carbocycles. The van der Waals surface area contributed by atoms with Gasteiger partial charge in [-0.1, -0.05) is 11.6 Å². The van der Waals surface area contributed by atoms with E-state index in [1.807, 2.05) is 0 Å². The van der Waals surface area contributed by atoms with E-state index in [-0.39, 0.29) is 23.8 Å². The maximum atomic E-state index is 12.3. The largest absolute Gasteiger partial charge is 0.398 e. The normalized spacial score (nSPS) is 11.7. The lowest BCUT2D eigenvalue weighted by atomic mass is 10.2. The van der Waals surface area contributed by atoms with Crippen LogP contribution < -0.4 is 11.1 Å². The Hall–Kier alpha value is -1.31. The van der Waals surface area contributed by atoms with Crippen LogP contribution >= 0.6 is 11.6 Å². The lowest BCUT2D eigenvalue weighted by molar-refractivity contribution is -0.120. The summed E-state index contributed by atoms with van der Waals surface area (Å²) in [7, 11) is -0.813. The molecule has 3 N–H and O–H groups in total. The summed E-state index contributed by atoms with van der Waals surface area (Å²) in [6.07, 6.45) is 0.0846. The first-order chi connectivity index (χ1) is 9.20. The number of sulfonamides is 1. The summed E-state index contributed by atoms with van der Waals surface area (Å²) in [6, 6.07) is 2.73. The Bertz CT molecular complexity index is 593. The predicted molar refractivity (Wildman–Crippen MR) is 79.1 cm³/mol. The number of carbonyl (C=O) groups is 1. The van der Waals surface area contributed by atoms with Crippen molar-refractivity contribution in [3.8, 4) is 0 Å². The predicted octanol–water partition coefficient (Wildman–Crippen LogP) is 0.987. The Labute approximate surface area is 123 Å². The monoisotopic (exact) mass is 319 g/mol.